The van der Waals surface area contributed by atoms with Crippen LogP contribution in [-0.2, 0) is 0 Å². The van der Waals surface area contributed by atoms with Gasteiger partial charge in [-0.05, 0) is 59.2 Å². The molecule has 0 radical (unpaired) electrons. The predicted octanol–water partition coefficient (Wildman–Crippen LogP) is 10.8. The van der Waals surface area contributed by atoms with Crippen LogP contribution in [0.3, 0.4) is 0 Å². The maximum absolute atomic E-state index is 6.62. The smallest absolute Gasteiger partial charge is 0.163 e. The first-order valence-corrected chi connectivity index (χ1v) is 16.9. The first kappa shape index (κ1) is 28.3. The Morgan fingerprint density at radius 2 is 1.20 bits per heavy atom. The molecule has 0 spiro atoms. The van der Waals surface area contributed by atoms with E-state index in [2.05, 4.69) is 143 Å². The van der Waals surface area contributed by atoms with Crippen molar-refractivity contribution in [2.45, 2.75) is 6.17 Å². The molecule has 2 aromatic heterocycles. The highest BCUT2D eigenvalue weighted by atomic mass is 16.3. The molecule has 0 saturated heterocycles. The minimum absolute atomic E-state index is 0.286. The number of nitrogens with zero attached hydrogens (tertiary/aromatic N) is 3. The third kappa shape index (κ3) is 4.63. The molecule has 0 saturated carbocycles. The quantitative estimate of drug-likeness (QED) is 0.203. The molecule has 1 N–H and O–H groups in total. The lowest BCUT2D eigenvalue weighted by Crippen LogP contribution is -2.33. The van der Waals surface area contributed by atoms with Crippen LogP contribution >= 0.6 is 0 Å². The van der Waals surface area contributed by atoms with Crippen molar-refractivity contribution >= 4 is 55.4 Å². The van der Waals surface area contributed by atoms with Crippen molar-refractivity contribution in [3.63, 3.8) is 0 Å². The topological polar surface area (TPSA) is 54.8 Å². The zero-order valence-electron chi connectivity index (χ0n) is 27.0. The molecule has 7 aromatic carbocycles. The van der Waals surface area contributed by atoms with E-state index in [1.54, 1.807) is 0 Å². The maximum atomic E-state index is 6.62. The van der Waals surface area contributed by atoms with Crippen LogP contribution in [0.15, 0.2) is 184 Å². The van der Waals surface area contributed by atoms with Crippen LogP contribution in [0.4, 0.5) is 0 Å². The van der Waals surface area contributed by atoms with Gasteiger partial charge < -0.3 is 14.3 Å². The van der Waals surface area contributed by atoms with E-state index in [-0.39, 0.29) is 6.17 Å². The Balaban J connectivity index is 1.11. The highest BCUT2D eigenvalue weighted by Crippen LogP contribution is 2.38. The summed E-state index contributed by atoms with van der Waals surface area (Å²) >= 11 is 0. The summed E-state index contributed by atoms with van der Waals surface area (Å²) in [6, 6.07) is 59.2. The number of furan rings is 1. The van der Waals surface area contributed by atoms with Crippen molar-refractivity contribution in [1.29, 1.82) is 0 Å². The molecular formula is C45H30N4O. The summed E-state index contributed by atoms with van der Waals surface area (Å²) in [5.41, 5.74) is 10.4. The van der Waals surface area contributed by atoms with Crippen molar-refractivity contribution in [1.82, 2.24) is 9.88 Å². The van der Waals surface area contributed by atoms with E-state index in [0.717, 1.165) is 61.3 Å². The highest BCUT2D eigenvalue weighted by molar-refractivity contribution is 6.20. The van der Waals surface area contributed by atoms with E-state index in [4.69, 9.17) is 14.4 Å². The van der Waals surface area contributed by atoms with Gasteiger partial charge in [-0.15, -0.1) is 0 Å². The second kappa shape index (κ2) is 11.5. The van der Waals surface area contributed by atoms with E-state index in [9.17, 15) is 0 Å². The summed E-state index contributed by atoms with van der Waals surface area (Å²) < 4.78 is 8.98. The Morgan fingerprint density at radius 3 is 2.04 bits per heavy atom. The summed E-state index contributed by atoms with van der Waals surface area (Å²) in [6.07, 6.45) is -0.286. The van der Waals surface area contributed by atoms with Crippen LogP contribution < -0.4 is 5.32 Å². The lowest BCUT2D eigenvalue weighted by Gasteiger charge is -2.23. The molecule has 0 fully saturated rings. The number of para-hydroxylation sites is 3. The third-order valence-electron chi connectivity index (χ3n) is 9.66. The summed E-state index contributed by atoms with van der Waals surface area (Å²) in [4.78, 5) is 10.2. The minimum Gasteiger partial charge on any atom is -0.455 e. The minimum atomic E-state index is -0.286. The fourth-order valence-corrected chi connectivity index (χ4v) is 7.28. The Bertz CT molecular complexity index is 2780. The number of aromatic nitrogens is 1. The van der Waals surface area contributed by atoms with Crippen LogP contribution in [0, 0.1) is 0 Å². The van der Waals surface area contributed by atoms with Gasteiger partial charge in [0.1, 0.15) is 23.2 Å². The Kier molecular flexibility index (Phi) is 6.49. The normalized spacial score (nSPS) is 14.6. The molecule has 10 rings (SSSR count). The van der Waals surface area contributed by atoms with Gasteiger partial charge in [-0.1, -0.05) is 127 Å². The number of fused-ring (bicyclic) bond motifs is 6. The van der Waals surface area contributed by atoms with Crippen LogP contribution in [0.5, 0.6) is 0 Å². The van der Waals surface area contributed by atoms with Crippen molar-refractivity contribution < 1.29 is 4.42 Å². The van der Waals surface area contributed by atoms with Gasteiger partial charge >= 0.3 is 0 Å². The average molecular weight is 643 g/mol. The van der Waals surface area contributed by atoms with Crippen molar-refractivity contribution in [2.24, 2.45) is 9.98 Å². The fraction of sp³-hybridized carbons (Fsp3) is 0.0222. The van der Waals surface area contributed by atoms with Crippen LogP contribution in [0.1, 0.15) is 22.9 Å². The number of aliphatic imine (C=N–C) groups is 2. The summed E-state index contributed by atoms with van der Waals surface area (Å²) in [5.74, 6) is 1.42. The molecule has 0 bridgehead atoms. The number of benzene rings is 7. The van der Waals surface area contributed by atoms with Gasteiger partial charge in [0.2, 0.25) is 0 Å². The first-order chi connectivity index (χ1) is 24.8. The molecular weight excluding hydrogens is 613 g/mol. The maximum Gasteiger partial charge on any atom is 0.163 e. The van der Waals surface area contributed by atoms with Gasteiger partial charge in [0.15, 0.2) is 5.84 Å². The van der Waals surface area contributed by atoms with E-state index < -0.39 is 0 Å². The van der Waals surface area contributed by atoms with E-state index >= 15 is 0 Å². The SMILES string of the molecule is c1ccc(C2=NC(c3cccc4c3oc3ccc(-c5ccc6c7ccccc7n(-c7ccccc7)c6c5)cc34)=NC(c3ccccc3)N2)cc1. The molecule has 1 aliphatic heterocycles. The van der Waals surface area contributed by atoms with Gasteiger partial charge in [-0.2, -0.15) is 0 Å². The number of rotatable bonds is 5. The number of amidine groups is 2. The van der Waals surface area contributed by atoms with Crippen molar-refractivity contribution in [3.05, 3.63) is 187 Å². The molecule has 1 atom stereocenters. The van der Waals surface area contributed by atoms with Crippen LogP contribution in [0.25, 0.3) is 60.6 Å². The monoisotopic (exact) mass is 642 g/mol. The number of nitrogens with one attached hydrogen (secondary N) is 1. The lowest BCUT2D eigenvalue weighted by molar-refractivity contribution is 0.663. The molecule has 0 aliphatic carbocycles. The Hall–Kier alpha value is -6.72. The zero-order valence-corrected chi connectivity index (χ0v) is 27.0. The van der Waals surface area contributed by atoms with Crippen LogP contribution in [0.2, 0.25) is 0 Å². The zero-order chi connectivity index (χ0) is 33.0. The fourth-order valence-electron chi connectivity index (χ4n) is 7.28. The van der Waals surface area contributed by atoms with Gasteiger partial charge in [-0.25, -0.2) is 9.98 Å². The largest absolute Gasteiger partial charge is 0.455 e. The molecule has 1 unspecified atom stereocenters. The Labute approximate surface area is 288 Å². The van der Waals surface area contributed by atoms with Gasteiger partial charge in [0.05, 0.1) is 16.6 Å². The Morgan fingerprint density at radius 1 is 0.520 bits per heavy atom. The molecule has 3 heterocycles. The molecule has 0 amide bonds. The first-order valence-electron chi connectivity index (χ1n) is 16.9. The van der Waals surface area contributed by atoms with Gasteiger partial charge in [-0.3, -0.25) is 0 Å². The van der Waals surface area contributed by atoms with Crippen molar-refractivity contribution in [3.8, 4) is 16.8 Å². The molecule has 9 aromatic rings. The summed E-state index contributed by atoms with van der Waals surface area (Å²) in [7, 11) is 0. The van der Waals surface area contributed by atoms with E-state index in [0.29, 0.717) is 5.84 Å². The second-order valence-electron chi connectivity index (χ2n) is 12.7. The number of hydrogen-bond acceptors (Lipinski definition) is 4. The molecule has 1 aliphatic rings. The summed E-state index contributed by atoms with van der Waals surface area (Å²) in [6.45, 7) is 0. The second-order valence-corrected chi connectivity index (χ2v) is 12.7. The highest BCUT2D eigenvalue weighted by Gasteiger charge is 2.23. The standard InChI is InChI=1S/C45H30N4O/c1-4-13-29(14-5-1)43-46-44(30-15-6-2-7-16-30)48-45(47-43)37-21-12-20-36-38-27-31(24-26-41(38)50-42(36)37)32-23-25-35-34-19-10-11-22-39(34)49(40(35)28-32)33-17-8-3-9-18-33/h1-28,43H,(H,46,47,48). The molecule has 50 heavy (non-hydrogen) atoms. The van der Waals surface area contributed by atoms with E-state index in [1.165, 1.54) is 21.8 Å². The average Bonchev–Trinajstić information content (AvgIpc) is 3.74. The number of hydrogen-bond donors (Lipinski definition) is 1. The van der Waals surface area contributed by atoms with Crippen molar-refractivity contribution in [2.75, 3.05) is 0 Å². The third-order valence-corrected chi connectivity index (χ3v) is 9.66. The molecule has 5 nitrogen and oxygen atoms in total. The van der Waals surface area contributed by atoms with Gasteiger partial charge in [0.25, 0.3) is 0 Å². The predicted molar refractivity (Wildman–Crippen MR) is 205 cm³/mol. The van der Waals surface area contributed by atoms with E-state index in [1.807, 2.05) is 36.4 Å². The van der Waals surface area contributed by atoms with Crippen LogP contribution in [-0.4, -0.2) is 16.2 Å². The lowest BCUT2D eigenvalue weighted by atomic mass is 10.0. The molecule has 236 valence electrons. The summed E-state index contributed by atoms with van der Waals surface area (Å²) in [5, 5.41) is 8.13. The molecule has 5 heteroatoms. The van der Waals surface area contributed by atoms with Gasteiger partial charge in [0, 0.05) is 32.8 Å².